The van der Waals surface area contributed by atoms with E-state index >= 15 is 0 Å². The lowest BCUT2D eigenvalue weighted by molar-refractivity contribution is 0.593. The molecule has 0 amide bonds. The first-order valence-corrected chi connectivity index (χ1v) is 6.66. The molecule has 4 heteroatoms. The van der Waals surface area contributed by atoms with E-state index in [1.165, 1.54) is 11.8 Å². The predicted octanol–water partition coefficient (Wildman–Crippen LogP) is 0.859. The topological polar surface area (TPSA) is 60.2 Å². The minimum Gasteiger partial charge on any atom is -0.324 e. The van der Waals surface area contributed by atoms with Gasteiger partial charge in [-0.1, -0.05) is 11.6 Å². The summed E-state index contributed by atoms with van der Waals surface area (Å²) in [6.07, 6.45) is 7.10. The Morgan fingerprint density at radius 3 is 2.85 bits per heavy atom. The van der Waals surface area contributed by atoms with Gasteiger partial charge in [0, 0.05) is 12.3 Å². The molecule has 0 aromatic heterocycles. The van der Waals surface area contributed by atoms with Gasteiger partial charge in [0.1, 0.15) is 9.84 Å². The maximum Gasteiger partial charge on any atom is 0.147 e. The van der Waals surface area contributed by atoms with E-state index in [0.29, 0.717) is 6.42 Å². The van der Waals surface area contributed by atoms with Gasteiger partial charge in [-0.3, -0.25) is 0 Å². The lowest BCUT2D eigenvalue weighted by Crippen LogP contribution is -2.21. The molecular weight excluding hydrogens is 186 g/mol. The van der Waals surface area contributed by atoms with Gasteiger partial charge in [-0.15, -0.1) is 0 Å². The average Bonchev–Trinajstić information content (AvgIpc) is 2.00. The van der Waals surface area contributed by atoms with Gasteiger partial charge in [0.25, 0.3) is 0 Å². The van der Waals surface area contributed by atoms with Crippen molar-refractivity contribution >= 4 is 9.84 Å². The summed E-state index contributed by atoms with van der Waals surface area (Å²) < 4.78 is 21.8. The standard InChI is InChI=1S/C9H17NO2S/c1-13(11,12)6-5-8-3-2-4-9(10)7-8/h7,9H,2-6,10H2,1H3. The van der Waals surface area contributed by atoms with E-state index in [1.54, 1.807) is 0 Å². The first-order chi connectivity index (χ1) is 5.97. The van der Waals surface area contributed by atoms with Crippen molar-refractivity contribution in [2.75, 3.05) is 12.0 Å². The van der Waals surface area contributed by atoms with Crippen molar-refractivity contribution in [3.63, 3.8) is 0 Å². The summed E-state index contributed by atoms with van der Waals surface area (Å²) in [6.45, 7) is 0. The minimum atomic E-state index is -2.82. The highest BCUT2D eigenvalue weighted by Gasteiger charge is 2.11. The van der Waals surface area contributed by atoms with Crippen molar-refractivity contribution in [1.82, 2.24) is 0 Å². The number of hydrogen-bond acceptors (Lipinski definition) is 3. The van der Waals surface area contributed by atoms with E-state index in [-0.39, 0.29) is 11.8 Å². The minimum absolute atomic E-state index is 0.142. The van der Waals surface area contributed by atoms with Gasteiger partial charge in [0.05, 0.1) is 5.75 Å². The van der Waals surface area contributed by atoms with Gasteiger partial charge < -0.3 is 5.73 Å². The van der Waals surface area contributed by atoms with Crippen LogP contribution in [0.5, 0.6) is 0 Å². The second-order valence-corrected chi connectivity index (χ2v) is 6.02. The Morgan fingerprint density at radius 2 is 2.31 bits per heavy atom. The van der Waals surface area contributed by atoms with Crippen LogP contribution in [0.3, 0.4) is 0 Å². The Balaban J connectivity index is 2.45. The van der Waals surface area contributed by atoms with Crippen LogP contribution >= 0.6 is 0 Å². The van der Waals surface area contributed by atoms with E-state index in [2.05, 4.69) is 0 Å². The Bertz CT molecular complexity index is 293. The molecule has 0 saturated heterocycles. The van der Waals surface area contributed by atoms with Crippen LogP contribution in [0.4, 0.5) is 0 Å². The van der Waals surface area contributed by atoms with Crippen LogP contribution in [-0.2, 0) is 9.84 Å². The van der Waals surface area contributed by atoms with Crippen LogP contribution < -0.4 is 5.73 Å². The molecule has 0 aromatic rings. The summed E-state index contributed by atoms with van der Waals surface area (Å²) in [5.41, 5.74) is 6.95. The molecule has 0 saturated carbocycles. The van der Waals surface area contributed by atoms with Gasteiger partial charge in [-0.2, -0.15) is 0 Å². The fraction of sp³-hybridized carbons (Fsp3) is 0.778. The van der Waals surface area contributed by atoms with Gasteiger partial charge >= 0.3 is 0 Å². The largest absolute Gasteiger partial charge is 0.324 e. The zero-order valence-corrected chi connectivity index (χ0v) is 8.81. The zero-order valence-electron chi connectivity index (χ0n) is 7.99. The molecule has 0 spiro atoms. The summed E-state index contributed by atoms with van der Waals surface area (Å²) in [5.74, 6) is 0.256. The van der Waals surface area contributed by atoms with Crippen molar-refractivity contribution < 1.29 is 8.42 Å². The van der Waals surface area contributed by atoms with Crippen LogP contribution in [0.15, 0.2) is 11.6 Å². The number of rotatable bonds is 3. The molecule has 0 bridgehead atoms. The molecule has 1 rings (SSSR count). The second kappa shape index (κ2) is 4.24. The lowest BCUT2D eigenvalue weighted by Gasteiger charge is -2.17. The molecule has 1 atom stereocenters. The van der Waals surface area contributed by atoms with Crippen LogP contribution in [0.1, 0.15) is 25.7 Å². The lowest BCUT2D eigenvalue weighted by atomic mass is 9.95. The Hall–Kier alpha value is -0.350. The molecule has 0 radical (unpaired) electrons. The van der Waals surface area contributed by atoms with Crippen molar-refractivity contribution in [3.05, 3.63) is 11.6 Å². The number of sulfone groups is 1. The fourth-order valence-electron chi connectivity index (χ4n) is 1.56. The molecule has 76 valence electrons. The van der Waals surface area contributed by atoms with Gasteiger partial charge in [-0.25, -0.2) is 8.42 Å². The normalized spacial score (nSPS) is 24.2. The van der Waals surface area contributed by atoms with Crippen LogP contribution in [-0.4, -0.2) is 26.5 Å². The van der Waals surface area contributed by atoms with Gasteiger partial charge in [-0.05, 0) is 25.7 Å². The highest BCUT2D eigenvalue weighted by Crippen LogP contribution is 2.19. The maximum absolute atomic E-state index is 10.9. The molecule has 0 fully saturated rings. The molecular formula is C9H17NO2S. The summed E-state index contributed by atoms with van der Waals surface area (Å²) >= 11 is 0. The maximum atomic E-state index is 10.9. The fourth-order valence-corrected chi connectivity index (χ4v) is 2.19. The molecule has 3 nitrogen and oxygen atoms in total. The SMILES string of the molecule is CS(=O)(=O)CCC1=CC(N)CCC1. The van der Waals surface area contributed by atoms with Gasteiger partial charge in [0.2, 0.25) is 0 Å². The summed E-state index contributed by atoms with van der Waals surface area (Å²) in [5, 5.41) is 0. The van der Waals surface area contributed by atoms with E-state index in [1.807, 2.05) is 6.08 Å². The predicted molar refractivity (Wildman–Crippen MR) is 54.2 cm³/mol. The molecule has 13 heavy (non-hydrogen) atoms. The molecule has 1 aliphatic carbocycles. The van der Waals surface area contributed by atoms with Gasteiger partial charge in [0.15, 0.2) is 0 Å². The summed E-state index contributed by atoms with van der Waals surface area (Å²) in [6, 6.07) is 0.142. The third kappa shape index (κ3) is 4.43. The summed E-state index contributed by atoms with van der Waals surface area (Å²) in [7, 11) is -2.82. The molecule has 2 N–H and O–H groups in total. The first-order valence-electron chi connectivity index (χ1n) is 4.60. The van der Waals surface area contributed by atoms with Crippen molar-refractivity contribution in [2.45, 2.75) is 31.7 Å². The Kier molecular flexibility index (Phi) is 3.50. The van der Waals surface area contributed by atoms with Crippen LogP contribution in [0.2, 0.25) is 0 Å². The Labute approximate surface area is 79.9 Å². The first kappa shape index (κ1) is 10.7. The molecule has 0 aromatic carbocycles. The number of allylic oxidation sites excluding steroid dienone is 1. The van der Waals surface area contributed by atoms with E-state index in [9.17, 15) is 8.42 Å². The van der Waals surface area contributed by atoms with Crippen LogP contribution in [0.25, 0.3) is 0 Å². The third-order valence-corrected chi connectivity index (χ3v) is 3.22. The van der Waals surface area contributed by atoms with E-state index in [0.717, 1.165) is 19.3 Å². The third-order valence-electron chi connectivity index (χ3n) is 2.28. The smallest absolute Gasteiger partial charge is 0.147 e. The second-order valence-electron chi connectivity index (χ2n) is 3.76. The van der Waals surface area contributed by atoms with Crippen molar-refractivity contribution in [2.24, 2.45) is 5.73 Å². The highest BCUT2D eigenvalue weighted by atomic mass is 32.2. The van der Waals surface area contributed by atoms with E-state index in [4.69, 9.17) is 5.73 Å². The number of nitrogens with two attached hydrogens (primary N) is 1. The van der Waals surface area contributed by atoms with Crippen molar-refractivity contribution in [3.8, 4) is 0 Å². The molecule has 0 aliphatic heterocycles. The highest BCUT2D eigenvalue weighted by molar-refractivity contribution is 7.90. The monoisotopic (exact) mass is 203 g/mol. The average molecular weight is 203 g/mol. The molecule has 1 unspecified atom stereocenters. The molecule has 0 heterocycles. The zero-order chi connectivity index (χ0) is 9.90. The van der Waals surface area contributed by atoms with Crippen LogP contribution in [0, 0.1) is 0 Å². The number of hydrogen-bond donors (Lipinski definition) is 1. The summed E-state index contributed by atoms with van der Waals surface area (Å²) in [4.78, 5) is 0. The van der Waals surface area contributed by atoms with Crippen molar-refractivity contribution in [1.29, 1.82) is 0 Å². The quantitative estimate of drug-likeness (QED) is 0.692. The molecule has 1 aliphatic rings. The Morgan fingerprint density at radius 1 is 1.62 bits per heavy atom. The van der Waals surface area contributed by atoms with E-state index < -0.39 is 9.84 Å².